The smallest absolute Gasteiger partial charge is 0.137 e. The number of benzene rings is 2. The topological polar surface area (TPSA) is 47.0 Å². The summed E-state index contributed by atoms with van der Waals surface area (Å²) in [5.41, 5.74) is 2.25. The van der Waals surface area contributed by atoms with E-state index < -0.39 is 0 Å². The van der Waals surface area contributed by atoms with E-state index in [9.17, 15) is 0 Å². The third kappa shape index (κ3) is 7.37. The van der Waals surface area contributed by atoms with E-state index in [0.29, 0.717) is 0 Å². The summed E-state index contributed by atoms with van der Waals surface area (Å²) in [6.07, 6.45) is 11.8. The highest BCUT2D eigenvalue weighted by atomic mass is 16.5. The fourth-order valence-electron chi connectivity index (χ4n) is 3.54. The Morgan fingerprint density at radius 1 is 0.793 bits per heavy atom. The summed E-state index contributed by atoms with van der Waals surface area (Å²) >= 11 is 0. The Balaban J connectivity index is 1.16. The van der Waals surface area contributed by atoms with Crippen molar-refractivity contribution in [3.05, 3.63) is 60.4 Å². The van der Waals surface area contributed by atoms with Gasteiger partial charge in [0.2, 0.25) is 0 Å². The van der Waals surface area contributed by atoms with Crippen molar-refractivity contribution in [1.82, 2.24) is 9.97 Å². The lowest BCUT2D eigenvalue weighted by molar-refractivity contribution is 0.304. The molecule has 4 nitrogen and oxygen atoms in total. The molecule has 2 aromatic carbocycles. The third-order valence-corrected chi connectivity index (χ3v) is 5.16. The Labute approximate surface area is 174 Å². The Hall–Kier alpha value is -2.62. The first-order valence-corrected chi connectivity index (χ1v) is 11.0. The maximum Gasteiger partial charge on any atom is 0.137 e. The van der Waals surface area contributed by atoms with E-state index in [4.69, 9.17) is 4.74 Å². The van der Waals surface area contributed by atoms with Crippen molar-refractivity contribution in [3.8, 4) is 5.75 Å². The summed E-state index contributed by atoms with van der Waals surface area (Å²) in [5.74, 6) is 1.94. The molecule has 0 amide bonds. The second-order valence-electron chi connectivity index (χ2n) is 7.66. The van der Waals surface area contributed by atoms with Gasteiger partial charge in [-0.1, -0.05) is 62.8 Å². The van der Waals surface area contributed by atoms with Gasteiger partial charge < -0.3 is 10.1 Å². The number of aryl methyl sites for hydroxylation is 1. The van der Waals surface area contributed by atoms with Gasteiger partial charge in [0.15, 0.2) is 0 Å². The van der Waals surface area contributed by atoms with Crippen molar-refractivity contribution in [3.63, 3.8) is 0 Å². The number of ether oxygens (including phenoxy) is 1. The zero-order valence-electron chi connectivity index (χ0n) is 17.6. The predicted molar refractivity (Wildman–Crippen MR) is 122 cm³/mol. The minimum atomic E-state index is 0.826. The van der Waals surface area contributed by atoms with Crippen molar-refractivity contribution in [2.24, 2.45) is 0 Å². The number of anilines is 1. The SMILES string of the molecule is Cc1cccc(OCCCCCCCCCCNc2ncnc3ccccc23)c1. The van der Waals surface area contributed by atoms with Crippen LogP contribution >= 0.6 is 0 Å². The molecule has 0 saturated carbocycles. The van der Waals surface area contributed by atoms with Gasteiger partial charge >= 0.3 is 0 Å². The summed E-state index contributed by atoms with van der Waals surface area (Å²) < 4.78 is 5.81. The van der Waals surface area contributed by atoms with E-state index in [2.05, 4.69) is 46.5 Å². The lowest BCUT2D eigenvalue weighted by Crippen LogP contribution is -2.04. The number of para-hydroxylation sites is 1. The van der Waals surface area contributed by atoms with Gasteiger partial charge in [0, 0.05) is 11.9 Å². The summed E-state index contributed by atoms with van der Waals surface area (Å²) in [7, 11) is 0. The molecule has 1 heterocycles. The maximum absolute atomic E-state index is 5.81. The summed E-state index contributed by atoms with van der Waals surface area (Å²) in [6.45, 7) is 3.89. The van der Waals surface area contributed by atoms with Gasteiger partial charge in [-0.05, 0) is 49.6 Å². The Morgan fingerprint density at radius 2 is 1.55 bits per heavy atom. The van der Waals surface area contributed by atoms with Crippen LogP contribution in [-0.4, -0.2) is 23.1 Å². The highest BCUT2D eigenvalue weighted by Crippen LogP contribution is 2.18. The normalized spacial score (nSPS) is 10.9. The molecule has 0 aliphatic carbocycles. The summed E-state index contributed by atoms with van der Waals surface area (Å²) in [5, 5.41) is 4.56. The Morgan fingerprint density at radius 3 is 2.38 bits per heavy atom. The molecule has 0 unspecified atom stereocenters. The van der Waals surface area contributed by atoms with Crippen LogP contribution in [0.3, 0.4) is 0 Å². The van der Waals surface area contributed by atoms with E-state index in [0.717, 1.165) is 42.0 Å². The monoisotopic (exact) mass is 391 g/mol. The Kier molecular flexibility index (Phi) is 8.77. The molecule has 0 atom stereocenters. The van der Waals surface area contributed by atoms with Crippen molar-refractivity contribution in [1.29, 1.82) is 0 Å². The molecule has 0 bridgehead atoms. The van der Waals surface area contributed by atoms with Gasteiger partial charge in [0.1, 0.15) is 17.9 Å². The lowest BCUT2D eigenvalue weighted by atomic mass is 10.1. The van der Waals surface area contributed by atoms with Crippen LogP contribution in [-0.2, 0) is 0 Å². The van der Waals surface area contributed by atoms with Crippen molar-refractivity contribution < 1.29 is 4.74 Å². The van der Waals surface area contributed by atoms with E-state index >= 15 is 0 Å². The molecular formula is C25H33N3O. The first kappa shape index (κ1) is 21.1. The van der Waals surface area contributed by atoms with Gasteiger partial charge in [-0.2, -0.15) is 0 Å². The van der Waals surface area contributed by atoms with Crippen LogP contribution < -0.4 is 10.1 Å². The molecule has 154 valence electrons. The molecule has 3 rings (SSSR count). The summed E-state index contributed by atoms with van der Waals surface area (Å²) in [6, 6.07) is 16.4. The van der Waals surface area contributed by atoms with Crippen molar-refractivity contribution in [2.45, 2.75) is 58.3 Å². The van der Waals surface area contributed by atoms with Crippen molar-refractivity contribution >= 4 is 16.7 Å². The fraction of sp³-hybridized carbons (Fsp3) is 0.440. The number of unbranched alkanes of at least 4 members (excludes halogenated alkanes) is 7. The van der Waals surface area contributed by atoms with Crippen LogP contribution in [0.15, 0.2) is 54.9 Å². The molecule has 3 aromatic rings. The van der Waals surface area contributed by atoms with Crippen LogP contribution in [0.1, 0.15) is 56.9 Å². The first-order chi connectivity index (χ1) is 14.3. The predicted octanol–water partition coefficient (Wildman–Crippen LogP) is 6.55. The van der Waals surface area contributed by atoms with Gasteiger partial charge in [-0.3, -0.25) is 0 Å². The van der Waals surface area contributed by atoms with Gasteiger partial charge in [0.05, 0.1) is 12.1 Å². The largest absolute Gasteiger partial charge is 0.494 e. The Bertz CT molecular complexity index is 860. The van der Waals surface area contributed by atoms with Crippen LogP contribution in [0, 0.1) is 6.92 Å². The third-order valence-electron chi connectivity index (χ3n) is 5.16. The summed E-state index contributed by atoms with van der Waals surface area (Å²) in [4.78, 5) is 8.69. The zero-order valence-corrected chi connectivity index (χ0v) is 17.6. The average Bonchev–Trinajstić information content (AvgIpc) is 2.74. The molecule has 0 radical (unpaired) electrons. The average molecular weight is 392 g/mol. The van der Waals surface area contributed by atoms with Gasteiger partial charge in [-0.25, -0.2) is 9.97 Å². The molecule has 0 saturated heterocycles. The molecular weight excluding hydrogens is 358 g/mol. The fourth-order valence-corrected chi connectivity index (χ4v) is 3.54. The molecule has 0 fully saturated rings. The van der Waals surface area contributed by atoms with Crippen LogP contribution in [0.25, 0.3) is 10.9 Å². The quantitative estimate of drug-likeness (QED) is 0.336. The number of nitrogens with one attached hydrogen (secondary N) is 1. The van der Waals surface area contributed by atoms with E-state index in [1.165, 1.54) is 50.5 Å². The van der Waals surface area contributed by atoms with Crippen LogP contribution in [0.5, 0.6) is 5.75 Å². The number of rotatable bonds is 13. The molecule has 4 heteroatoms. The van der Waals surface area contributed by atoms with E-state index in [1.54, 1.807) is 6.33 Å². The molecule has 1 N–H and O–H groups in total. The second-order valence-corrected chi connectivity index (χ2v) is 7.66. The second kappa shape index (κ2) is 12.1. The number of fused-ring (bicyclic) bond motifs is 1. The molecule has 0 spiro atoms. The maximum atomic E-state index is 5.81. The number of hydrogen-bond donors (Lipinski definition) is 1. The minimum Gasteiger partial charge on any atom is -0.494 e. The van der Waals surface area contributed by atoms with Gasteiger partial charge in [0.25, 0.3) is 0 Å². The van der Waals surface area contributed by atoms with E-state index in [1.807, 2.05) is 24.3 Å². The standard InChI is InChI=1S/C25H33N3O/c1-21-13-12-14-22(19-21)29-18-11-7-5-3-2-4-6-10-17-26-25-23-15-8-9-16-24(23)27-20-28-25/h8-9,12-16,19-20H,2-7,10-11,17-18H2,1H3,(H,26,27,28). The first-order valence-electron chi connectivity index (χ1n) is 11.0. The van der Waals surface area contributed by atoms with Crippen LogP contribution in [0.4, 0.5) is 5.82 Å². The van der Waals surface area contributed by atoms with Crippen LogP contribution in [0.2, 0.25) is 0 Å². The zero-order chi connectivity index (χ0) is 20.2. The minimum absolute atomic E-state index is 0.826. The number of hydrogen-bond acceptors (Lipinski definition) is 4. The highest BCUT2D eigenvalue weighted by Gasteiger charge is 2.01. The number of aromatic nitrogens is 2. The van der Waals surface area contributed by atoms with E-state index in [-0.39, 0.29) is 0 Å². The molecule has 0 aliphatic rings. The lowest BCUT2D eigenvalue weighted by Gasteiger charge is -2.08. The van der Waals surface area contributed by atoms with Gasteiger partial charge in [-0.15, -0.1) is 0 Å². The molecule has 1 aromatic heterocycles. The number of nitrogens with zero attached hydrogens (tertiary/aromatic N) is 2. The molecule has 29 heavy (non-hydrogen) atoms. The highest BCUT2D eigenvalue weighted by molar-refractivity contribution is 5.88. The molecule has 0 aliphatic heterocycles. The van der Waals surface area contributed by atoms with Crippen molar-refractivity contribution in [2.75, 3.05) is 18.5 Å².